The Morgan fingerprint density at radius 2 is 1.89 bits per heavy atom. The van der Waals surface area contributed by atoms with Gasteiger partial charge in [-0.1, -0.05) is 11.6 Å². The fourth-order valence-electron chi connectivity index (χ4n) is 1.41. The molecule has 0 saturated heterocycles. The zero-order valence-corrected chi connectivity index (χ0v) is 11.3. The van der Waals surface area contributed by atoms with Crippen LogP contribution in [0.4, 0.5) is 0 Å². The zero-order valence-electron chi connectivity index (χ0n) is 11.3. The topological polar surface area (TPSA) is 42.1 Å². The van der Waals surface area contributed by atoms with E-state index in [1.807, 2.05) is 26.0 Å². The summed E-state index contributed by atoms with van der Waals surface area (Å²) in [4.78, 5) is 21.7. The van der Waals surface area contributed by atoms with Crippen LogP contribution in [-0.4, -0.2) is 28.3 Å². The van der Waals surface area contributed by atoms with E-state index in [1.165, 1.54) is 0 Å². The Balaban J connectivity index is 0.000000180. The van der Waals surface area contributed by atoms with Gasteiger partial charge in [-0.25, -0.2) is 4.79 Å². The number of aromatic nitrogens is 1. The summed E-state index contributed by atoms with van der Waals surface area (Å²) in [6.07, 6.45) is 4.33. The summed E-state index contributed by atoms with van der Waals surface area (Å²) in [7, 11) is 3.53. The summed E-state index contributed by atoms with van der Waals surface area (Å²) in [5, 5.41) is 0. The van der Waals surface area contributed by atoms with Gasteiger partial charge in [0.15, 0.2) is 6.21 Å². The number of carbonyl (C=O) groups excluding carboxylic acids is 1. The number of hydrogen-bond donors (Lipinski definition) is 0. The third-order valence-electron chi connectivity index (χ3n) is 2.84. The largest absolute Gasteiger partial charge is 0.390 e. The molecule has 0 aliphatic carbocycles. The van der Waals surface area contributed by atoms with Gasteiger partial charge in [0.2, 0.25) is 5.56 Å². The highest BCUT2D eigenvalue weighted by Crippen LogP contribution is 2.02. The second-order valence-electron chi connectivity index (χ2n) is 4.41. The SMILES string of the molecule is CC1=CC=[N+](C)C(=O)C1.Cc1cccc(=O)n1C. The summed E-state index contributed by atoms with van der Waals surface area (Å²) < 4.78 is 3.22. The van der Waals surface area contributed by atoms with Crippen molar-refractivity contribution in [3.63, 3.8) is 0 Å². The van der Waals surface area contributed by atoms with Crippen molar-refractivity contribution in [2.45, 2.75) is 20.3 Å². The molecule has 0 N–H and O–H groups in total. The molecule has 0 unspecified atom stereocenters. The number of aryl methyl sites for hydroxylation is 1. The van der Waals surface area contributed by atoms with E-state index in [1.54, 1.807) is 41.6 Å². The monoisotopic (exact) mass is 247 g/mol. The van der Waals surface area contributed by atoms with Crippen LogP contribution in [0.5, 0.6) is 0 Å². The first-order chi connectivity index (χ1) is 8.41. The van der Waals surface area contributed by atoms with Gasteiger partial charge in [-0.3, -0.25) is 4.79 Å². The molecule has 1 aromatic rings. The minimum atomic E-state index is 0.0509. The number of allylic oxidation sites excluding steroid dienone is 1. The van der Waals surface area contributed by atoms with Gasteiger partial charge >= 0.3 is 5.91 Å². The lowest BCUT2D eigenvalue weighted by atomic mass is 10.1. The molecule has 0 radical (unpaired) electrons. The summed E-state index contributed by atoms with van der Waals surface area (Å²) in [5.74, 6) is 0.176. The third-order valence-corrected chi connectivity index (χ3v) is 2.84. The average molecular weight is 247 g/mol. The van der Waals surface area contributed by atoms with Crippen LogP contribution in [0.1, 0.15) is 19.0 Å². The van der Waals surface area contributed by atoms with Crippen molar-refractivity contribution in [3.8, 4) is 0 Å². The Morgan fingerprint density at radius 3 is 2.33 bits per heavy atom. The van der Waals surface area contributed by atoms with Gasteiger partial charge in [0.1, 0.15) is 7.05 Å². The molecule has 1 amide bonds. The molecule has 1 aliphatic rings. The minimum absolute atomic E-state index is 0.0509. The first kappa shape index (κ1) is 14.1. The third kappa shape index (κ3) is 3.80. The molecule has 96 valence electrons. The highest BCUT2D eigenvalue weighted by Gasteiger charge is 2.15. The molecule has 0 bridgehead atoms. The number of amides is 1. The minimum Gasteiger partial charge on any atom is -0.316 e. The van der Waals surface area contributed by atoms with Crippen molar-refractivity contribution in [2.24, 2.45) is 7.05 Å². The molecule has 1 aromatic heterocycles. The summed E-state index contributed by atoms with van der Waals surface area (Å²) >= 11 is 0. The van der Waals surface area contributed by atoms with Gasteiger partial charge in [0, 0.05) is 24.9 Å². The Hall–Kier alpha value is -1.97. The molecule has 0 atom stereocenters. The Bertz CT molecular complexity index is 565. The molecular formula is C14H19N2O2+. The quantitative estimate of drug-likeness (QED) is 0.648. The molecule has 1 aliphatic heterocycles. The number of pyridine rings is 1. The van der Waals surface area contributed by atoms with E-state index in [9.17, 15) is 9.59 Å². The first-order valence-electron chi connectivity index (χ1n) is 5.80. The van der Waals surface area contributed by atoms with Gasteiger partial charge in [0.25, 0.3) is 0 Å². The van der Waals surface area contributed by atoms with Gasteiger partial charge in [0.05, 0.1) is 6.42 Å². The predicted molar refractivity (Wildman–Crippen MR) is 72.0 cm³/mol. The normalized spacial score (nSPS) is 14.3. The number of nitrogens with zero attached hydrogens (tertiary/aromatic N) is 2. The molecule has 0 spiro atoms. The van der Waals surface area contributed by atoms with Crippen LogP contribution in [0.3, 0.4) is 0 Å². The fourth-order valence-corrected chi connectivity index (χ4v) is 1.41. The van der Waals surface area contributed by atoms with Crippen LogP contribution in [0.15, 0.2) is 34.6 Å². The Morgan fingerprint density at radius 1 is 1.22 bits per heavy atom. The van der Waals surface area contributed by atoms with Crippen LogP contribution < -0.4 is 5.56 Å². The van der Waals surface area contributed by atoms with E-state index in [0.29, 0.717) is 6.42 Å². The van der Waals surface area contributed by atoms with Crippen molar-refractivity contribution in [1.82, 2.24) is 4.57 Å². The van der Waals surface area contributed by atoms with Crippen LogP contribution in [0, 0.1) is 6.92 Å². The standard InChI is InChI=1S/C7H10NO.C7H9NO/c1-6-3-4-8(2)7(9)5-6;1-6-4-3-5-7(9)8(6)2/h3-4H,5H2,1-2H3;3-5H,1-2H3/q+1;. The van der Waals surface area contributed by atoms with Crippen molar-refractivity contribution in [3.05, 3.63) is 45.9 Å². The van der Waals surface area contributed by atoms with Crippen molar-refractivity contribution in [1.29, 1.82) is 0 Å². The maximum absolute atomic E-state index is 10.9. The summed E-state index contributed by atoms with van der Waals surface area (Å²) in [6, 6.07) is 5.21. The Labute approximate surface area is 107 Å². The maximum atomic E-state index is 10.9. The number of carbonyl (C=O) groups is 1. The van der Waals surface area contributed by atoms with E-state index >= 15 is 0 Å². The highest BCUT2D eigenvalue weighted by atomic mass is 16.2. The molecule has 18 heavy (non-hydrogen) atoms. The van der Waals surface area contributed by atoms with E-state index in [0.717, 1.165) is 11.3 Å². The van der Waals surface area contributed by atoms with Crippen LogP contribution in [0.2, 0.25) is 0 Å². The van der Waals surface area contributed by atoms with Gasteiger partial charge in [-0.2, -0.15) is 4.58 Å². The van der Waals surface area contributed by atoms with E-state index in [2.05, 4.69) is 0 Å². The summed E-state index contributed by atoms with van der Waals surface area (Å²) in [6.45, 7) is 3.86. The van der Waals surface area contributed by atoms with Crippen LogP contribution in [-0.2, 0) is 11.8 Å². The fraction of sp³-hybridized carbons (Fsp3) is 0.357. The predicted octanol–water partition coefficient (Wildman–Crippen LogP) is 1.27. The molecule has 0 aromatic carbocycles. The first-order valence-corrected chi connectivity index (χ1v) is 5.80. The molecule has 2 rings (SSSR count). The molecular weight excluding hydrogens is 228 g/mol. The van der Waals surface area contributed by atoms with E-state index < -0.39 is 0 Å². The molecule has 0 saturated carbocycles. The zero-order chi connectivity index (χ0) is 13.7. The molecule has 0 fully saturated rings. The molecule has 4 nitrogen and oxygen atoms in total. The van der Waals surface area contributed by atoms with Crippen molar-refractivity contribution >= 4 is 12.1 Å². The van der Waals surface area contributed by atoms with Gasteiger partial charge in [-0.15, -0.1) is 0 Å². The number of rotatable bonds is 0. The van der Waals surface area contributed by atoms with Crippen LogP contribution in [0.25, 0.3) is 0 Å². The molecule has 4 heteroatoms. The second kappa shape index (κ2) is 6.10. The maximum Gasteiger partial charge on any atom is 0.390 e. The van der Waals surface area contributed by atoms with E-state index in [4.69, 9.17) is 0 Å². The molecule has 2 heterocycles. The van der Waals surface area contributed by atoms with Crippen molar-refractivity contribution < 1.29 is 9.37 Å². The average Bonchev–Trinajstić information content (AvgIpc) is 2.32. The van der Waals surface area contributed by atoms with Crippen molar-refractivity contribution in [2.75, 3.05) is 7.05 Å². The lowest BCUT2D eigenvalue weighted by Crippen LogP contribution is -2.20. The second-order valence-corrected chi connectivity index (χ2v) is 4.41. The van der Waals surface area contributed by atoms with Crippen LogP contribution >= 0.6 is 0 Å². The van der Waals surface area contributed by atoms with Gasteiger partial charge < -0.3 is 4.57 Å². The lowest BCUT2D eigenvalue weighted by Gasteiger charge is -1.99. The van der Waals surface area contributed by atoms with Gasteiger partial charge in [-0.05, 0) is 19.9 Å². The summed E-state index contributed by atoms with van der Waals surface area (Å²) in [5.41, 5.74) is 2.18. The Kier molecular flexibility index (Phi) is 4.77. The highest BCUT2D eigenvalue weighted by molar-refractivity contribution is 5.82. The number of hydrogen-bond acceptors (Lipinski definition) is 2. The van der Waals surface area contributed by atoms with E-state index in [-0.39, 0.29) is 11.5 Å². The smallest absolute Gasteiger partial charge is 0.316 e. The lowest BCUT2D eigenvalue weighted by molar-refractivity contribution is -0.414.